The van der Waals surface area contributed by atoms with E-state index in [-0.39, 0.29) is 19.9 Å². The molecular weight excluding hydrogens is 358 g/mol. The van der Waals surface area contributed by atoms with Crippen LogP contribution in [0.5, 0.6) is 0 Å². The molecule has 0 fully saturated rings. The number of aryl methyl sites for hydroxylation is 1. The van der Waals surface area contributed by atoms with E-state index in [1.54, 1.807) is 31.2 Å². The van der Waals surface area contributed by atoms with Gasteiger partial charge >= 0.3 is 5.97 Å². The van der Waals surface area contributed by atoms with Crippen molar-refractivity contribution in [3.8, 4) is 0 Å². The molecule has 0 aliphatic rings. The lowest BCUT2D eigenvalue weighted by molar-refractivity contribution is -0.108. The Morgan fingerprint density at radius 3 is 2.77 bits per heavy atom. The molecule has 0 unspecified atom stereocenters. The summed E-state index contributed by atoms with van der Waals surface area (Å²) >= 11 is 0.993. The van der Waals surface area contributed by atoms with E-state index < -0.39 is 5.97 Å². The summed E-state index contributed by atoms with van der Waals surface area (Å²) in [4.78, 5) is 32.8. The van der Waals surface area contributed by atoms with Gasteiger partial charge in [-0.2, -0.15) is 8.75 Å². The first-order valence-electron chi connectivity index (χ1n) is 7.68. The average molecular weight is 373 g/mol. The third-order valence-corrected chi connectivity index (χ3v) is 3.84. The van der Waals surface area contributed by atoms with Crippen LogP contribution in [0.4, 0.5) is 5.82 Å². The molecule has 0 radical (unpaired) electrons. The van der Waals surface area contributed by atoms with E-state index in [1.165, 1.54) is 4.90 Å². The number of carbonyl (C=O) groups is 2. The Balaban J connectivity index is 1.52. The maximum atomic E-state index is 11.8. The van der Waals surface area contributed by atoms with Gasteiger partial charge in [-0.1, -0.05) is 18.2 Å². The van der Waals surface area contributed by atoms with Gasteiger partial charge in [0.2, 0.25) is 6.41 Å². The number of amides is 1. The fourth-order valence-corrected chi connectivity index (χ4v) is 2.63. The molecule has 134 valence electrons. The SMILES string of the molecule is Cc1nc(N(C=O)COCCOC(=O)c2ccccc2)c2nsnc2n1. The molecule has 3 rings (SSSR count). The Morgan fingerprint density at radius 2 is 2.00 bits per heavy atom. The molecule has 0 saturated carbocycles. The number of ether oxygens (including phenoxy) is 2. The zero-order valence-corrected chi connectivity index (χ0v) is 14.7. The van der Waals surface area contributed by atoms with Crippen molar-refractivity contribution in [1.82, 2.24) is 18.7 Å². The fourth-order valence-electron chi connectivity index (χ4n) is 2.14. The van der Waals surface area contributed by atoms with Gasteiger partial charge in [0.1, 0.15) is 19.2 Å². The molecule has 0 atom stereocenters. The van der Waals surface area contributed by atoms with Gasteiger partial charge in [-0.25, -0.2) is 14.8 Å². The fraction of sp³-hybridized carbons (Fsp3) is 0.250. The van der Waals surface area contributed by atoms with Crippen LogP contribution in [0.1, 0.15) is 16.2 Å². The largest absolute Gasteiger partial charge is 0.460 e. The number of hydrogen-bond donors (Lipinski definition) is 0. The van der Waals surface area contributed by atoms with Crippen molar-refractivity contribution in [2.24, 2.45) is 0 Å². The molecule has 2 aromatic heterocycles. The maximum absolute atomic E-state index is 11.8. The van der Waals surface area contributed by atoms with Gasteiger partial charge in [-0.3, -0.25) is 9.69 Å². The lowest BCUT2D eigenvalue weighted by atomic mass is 10.2. The van der Waals surface area contributed by atoms with Crippen molar-refractivity contribution in [2.75, 3.05) is 24.8 Å². The molecule has 26 heavy (non-hydrogen) atoms. The summed E-state index contributed by atoms with van der Waals surface area (Å²) in [5.41, 5.74) is 1.34. The molecule has 1 amide bonds. The molecule has 2 heterocycles. The highest BCUT2D eigenvalue weighted by Gasteiger charge is 2.16. The number of esters is 1. The van der Waals surface area contributed by atoms with Crippen molar-refractivity contribution in [3.63, 3.8) is 0 Å². The van der Waals surface area contributed by atoms with Crippen LogP contribution in [-0.2, 0) is 14.3 Å². The quantitative estimate of drug-likeness (QED) is 0.253. The van der Waals surface area contributed by atoms with Crippen molar-refractivity contribution < 1.29 is 19.1 Å². The van der Waals surface area contributed by atoms with Crippen LogP contribution in [0.15, 0.2) is 30.3 Å². The Labute approximate surface area is 152 Å². The first kappa shape index (κ1) is 17.8. The monoisotopic (exact) mass is 373 g/mol. The molecule has 0 spiro atoms. The zero-order valence-electron chi connectivity index (χ0n) is 13.9. The lowest BCUT2D eigenvalue weighted by Gasteiger charge is -2.16. The smallest absolute Gasteiger partial charge is 0.338 e. The molecule has 1 aromatic carbocycles. The summed E-state index contributed by atoms with van der Waals surface area (Å²) in [6, 6.07) is 8.67. The lowest BCUT2D eigenvalue weighted by Crippen LogP contribution is -2.27. The summed E-state index contributed by atoms with van der Waals surface area (Å²) in [5.74, 6) is 0.379. The molecule has 10 heteroatoms. The van der Waals surface area contributed by atoms with Crippen LogP contribution in [0, 0.1) is 6.92 Å². The molecule has 0 saturated heterocycles. The number of hydrogen-bond acceptors (Lipinski definition) is 9. The number of aromatic nitrogens is 4. The second-order valence-electron chi connectivity index (χ2n) is 5.15. The second kappa shape index (κ2) is 8.41. The second-order valence-corrected chi connectivity index (χ2v) is 5.67. The van der Waals surface area contributed by atoms with Gasteiger partial charge < -0.3 is 9.47 Å². The molecule has 3 aromatic rings. The van der Waals surface area contributed by atoms with Crippen molar-refractivity contribution in [2.45, 2.75) is 6.92 Å². The number of carbonyl (C=O) groups excluding carboxylic acids is 2. The van der Waals surface area contributed by atoms with Crippen LogP contribution in [-0.4, -0.2) is 51.0 Å². The number of anilines is 1. The first-order valence-corrected chi connectivity index (χ1v) is 8.41. The number of benzene rings is 1. The number of fused-ring (bicyclic) bond motifs is 1. The summed E-state index contributed by atoms with van der Waals surface area (Å²) in [7, 11) is 0. The maximum Gasteiger partial charge on any atom is 0.338 e. The summed E-state index contributed by atoms with van der Waals surface area (Å²) in [6.07, 6.45) is 0.594. The minimum absolute atomic E-state index is 0.0601. The van der Waals surface area contributed by atoms with Gasteiger partial charge in [0.05, 0.1) is 23.9 Å². The van der Waals surface area contributed by atoms with E-state index >= 15 is 0 Å². The van der Waals surface area contributed by atoms with Crippen LogP contribution in [0.3, 0.4) is 0 Å². The molecule has 0 bridgehead atoms. The third-order valence-electron chi connectivity index (χ3n) is 3.32. The molecule has 9 nitrogen and oxygen atoms in total. The van der Waals surface area contributed by atoms with Crippen molar-refractivity contribution in [3.05, 3.63) is 41.7 Å². The highest BCUT2D eigenvalue weighted by molar-refractivity contribution is 7.00. The summed E-state index contributed by atoms with van der Waals surface area (Å²) < 4.78 is 18.7. The van der Waals surface area contributed by atoms with Gasteiger partial charge in [-0.05, 0) is 19.1 Å². The van der Waals surface area contributed by atoms with Crippen LogP contribution < -0.4 is 4.90 Å². The van der Waals surface area contributed by atoms with Crippen LogP contribution in [0.25, 0.3) is 11.2 Å². The molecule has 0 N–H and O–H groups in total. The highest BCUT2D eigenvalue weighted by Crippen LogP contribution is 2.21. The predicted molar refractivity (Wildman–Crippen MR) is 93.8 cm³/mol. The van der Waals surface area contributed by atoms with Crippen molar-refractivity contribution >= 4 is 41.1 Å². The Bertz CT molecular complexity index is 902. The van der Waals surface area contributed by atoms with Gasteiger partial charge in [-0.15, -0.1) is 0 Å². The summed E-state index contributed by atoms with van der Waals surface area (Å²) in [6.45, 7) is 1.84. The highest BCUT2D eigenvalue weighted by atomic mass is 32.1. The predicted octanol–water partition coefficient (Wildman–Crippen LogP) is 1.58. The van der Waals surface area contributed by atoms with Gasteiger partial charge in [0, 0.05) is 0 Å². The average Bonchev–Trinajstić information content (AvgIpc) is 3.13. The molecular formula is C16H15N5O4S. The van der Waals surface area contributed by atoms with Crippen molar-refractivity contribution in [1.29, 1.82) is 0 Å². The van der Waals surface area contributed by atoms with E-state index in [9.17, 15) is 9.59 Å². The van der Waals surface area contributed by atoms with Crippen LogP contribution >= 0.6 is 11.7 Å². The topological polar surface area (TPSA) is 107 Å². The van der Waals surface area contributed by atoms with Gasteiger partial charge in [0.15, 0.2) is 17.0 Å². The third kappa shape index (κ3) is 4.16. The Hall–Kier alpha value is -2.98. The zero-order chi connectivity index (χ0) is 18.4. The van der Waals surface area contributed by atoms with E-state index in [0.717, 1.165) is 11.7 Å². The minimum atomic E-state index is -0.428. The summed E-state index contributed by atoms with van der Waals surface area (Å²) in [5, 5.41) is 0. The van der Waals surface area contributed by atoms with E-state index in [1.807, 2.05) is 6.07 Å². The molecule has 0 aliphatic heterocycles. The molecule has 0 aliphatic carbocycles. The Morgan fingerprint density at radius 1 is 1.19 bits per heavy atom. The van der Waals surface area contributed by atoms with E-state index in [4.69, 9.17) is 9.47 Å². The van der Waals surface area contributed by atoms with Crippen LogP contribution in [0.2, 0.25) is 0 Å². The van der Waals surface area contributed by atoms with Gasteiger partial charge in [0.25, 0.3) is 0 Å². The normalized spacial score (nSPS) is 10.7. The first-order chi connectivity index (χ1) is 12.7. The Kier molecular flexibility index (Phi) is 5.77. The standard InChI is InChI=1S/C16H15N5O4S/c1-11-17-14-13(19-26-20-14)15(18-11)21(9-22)10-24-7-8-25-16(23)12-5-3-2-4-6-12/h2-6,9H,7-8,10H2,1H3. The minimum Gasteiger partial charge on any atom is -0.460 e. The number of rotatable bonds is 8. The van der Waals surface area contributed by atoms with E-state index in [2.05, 4.69) is 18.7 Å². The van der Waals surface area contributed by atoms with E-state index in [0.29, 0.717) is 34.8 Å². The number of nitrogens with zero attached hydrogens (tertiary/aromatic N) is 5.